The van der Waals surface area contributed by atoms with Crippen molar-refractivity contribution in [1.82, 2.24) is 20.2 Å². The first-order chi connectivity index (χ1) is 18.2. The van der Waals surface area contributed by atoms with E-state index in [1.165, 1.54) is 4.80 Å². The molecule has 8 heteroatoms. The number of aryl methyl sites for hydroxylation is 2. The summed E-state index contributed by atoms with van der Waals surface area (Å²) >= 11 is 1.77. The van der Waals surface area contributed by atoms with Crippen LogP contribution in [0.5, 0.6) is 17.5 Å². The lowest BCUT2D eigenvalue weighted by molar-refractivity contribution is 0.315. The molecule has 2 heterocycles. The van der Waals surface area contributed by atoms with Gasteiger partial charge in [0, 0.05) is 27.2 Å². The van der Waals surface area contributed by atoms with E-state index < -0.39 is 0 Å². The molecule has 0 atom stereocenters. The fourth-order valence-electron chi connectivity index (χ4n) is 4.17. The molecule has 0 aliphatic rings. The molecule has 0 fully saturated rings. The molecule has 0 saturated heterocycles. The van der Waals surface area contributed by atoms with Gasteiger partial charge in [0.05, 0.1) is 19.4 Å². The number of aromatic nitrogens is 4. The molecule has 7 nitrogen and oxygen atoms in total. The van der Waals surface area contributed by atoms with Gasteiger partial charge in [-0.3, -0.25) is 0 Å². The lowest BCUT2D eigenvalue weighted by Gasteiger charge is -2.12. The number of ether oxygens (including phenoxy) is 2. The van der Waals surface area contributed by atoms with Gasteiger partial charge in [-0.05, 0) is 60.9 Å². The number of thioether (sulfide) groups is 1. The van der Waals surface area contributed by atoms with Crippen LogP contribution in [-0.4, -0.2) is 32.6 Å². The highest BCUT2D eigenvalue weighted by atomic mass is 32.2. The number of hydrogen-bond acceptors (Lipinski definition) is 7. The molecule has 0 saturated carbocycles. The van der Waals surface area contributed by atoms with Gasteiger partial charge < -0.3 is 13.9 Å². The third kappa shape index (κ3) is 5.97. The average molecular weight is 515 g/mol. The summed E-state index contributed by atoms with van der Waals surface area (Å²) in [5, 5.41) is 13.1. The maximum Gasteiger partial charge on any atom is 0.361 e. The maximum atomic E-state index is 6.24. The Morgan fingerprint density at radius 2 is 1.89 bits per heavy atom. The fourth-order valence-corrected chi connectivity index (χ4v) is 5.04. The summed E-state index contributed by atoms with van der Waals surface area (Å²) in [7, 11) is 0. The van der Waals surface area contributed by atoms with Gasteiger partial charge in [-0.25, -0.2) is 0 Å². The van der Waals surface area contributed by atoms with Gasteiger partial charge in [0.1, 0.15) is 17.1 Å². The Morgan fingerprint density at radius 1 is 1.00 bits per heavy atom. The largest absolute Gasteiger partial charge is 0.493 e. The molecule has 5 aromatic rings. The predicted molar refractivity (Wildman–Crippen MR) is 146 cm³/mol. The predicted octanol–water partition coefficient (Wildman–Crippen LogP) is 7.41. The Morgan fingerprint density at radius 3 is 2.70 bits per heavy atom. The van der Waals surface area contributed by atoms with E-state index in [0.29, 0.717) is 18.9 Å². The highest BCUT2D eigenvalue weighted by molar-refractivity contribution is 7.99. The second kappa shape index (κ2) is 12.0. The number of rotatable bonds is 12. The van der Waals surface area contributed by atoms with Crippen LogP contribution in [0.1, 0.15) is 32.3 Å². The second-order valence-corrected chi connectivity index (χ2v) is 9.74. The number of benzene rings is 3. The second-order valence-electron chi connectivity index (χ2n) is 8.57. The van der Waals surface area contributed by atoms with Crippen LogP contribution in [0.3, 0.4) is 0 Å². The van der Waals surface area contributed by atoms with E-state index in [0.717, 1.165) is 63.3 Å². The van der Waals surface area contributed by atoms with E-state index >= 15 is 0 Å². The van der Waals surface area contributed by atoms with Crippen molar-refractivity contribution in [3.8, 4) is 28.6 Å². The van der Waals surface area contributed by atoms with Crippen molar-refractivity contribution in [2.75, 3.05) is 12.4 Å². The minimum absolute atomic E-state index is 0.254. The van der Waals surface area contributed by atoms with E-state index in [1.54, 1.807) is 11.8 Å². The first kappa shape index (κ1) is 24.9. The SMILES string of the molecule is CCCc1c(OCCCSc2cccc(Oc3nnn(CC)n3)c2)ccc2c(-c3ccccc3)coc12. The minimum Gasteiger partial charge on any atom is -0.493 e. The van der Waals surface area contributed by atoms with Gasteiger partial charge in [0.25, 0.3) is 0 Å². The van der Waals surface area contributed by atoms with E-state index in [2.05, 4.69) is 64.8 Å². The molecule has 0 amide bonds. The van der Waals surface area contributed by atoms with Crippen LogP contribution in [0.25, 0.3) is 22.1 Å². The van der Waals surface area contributed by atoms with Gasteiger partial charge >= 0.3 is 6.01 Å². The normalized spacial score (nSPS) is 11.2. The lowest BCUT2D eigenvalue weighted by atomic mass is 10.0. The first-order valence-corrected chi connectivity index (χ1v) is 13.6. The number of fused-ring (bicyclic) bond motifs is 1. The minimum atomic E-state index is 0.254. The van der Waals surface area contributed by atoms with Crippen molar-refractivity contribution in [1.29, 1.82) is 0 Å². The van der Waals surface area contributed by atoms with Gasteiger partial charge in [-0.15, -0.1) is 11.8 Å². The van der Waals surface area contributed by atoms with Crippen molar-refractivity contribution in [2.45, 2.75) is 44.6 Å². The van der Waals surface area contributed by atoms with E-state index in [4.69, 9.17) is 13.9 Å². The number of tetrazole rings is 1. The Balaban J connectivity index is 1.18. The summed E-state index contributed by atoms with van der Waals surface area (Å²) in [4.78, 5) is 2.61. The first-order valence-electron chi connectivity index (χ1n) is 12.6. The zero-order valence-corrected chi connectivity index (χ0v) is 21.9. The number of furan rings is 1. The molecule has 0 radical (unpaired) electrons. The maximum absolute atomic E-state index is 6.24. The zero-order valence-electron chi connectivity index (χ0n) is 21.1. The number of hydrogen-bond donors (Lipinski definition) is 0. The molecule has 3 aromatic carbocycles. The van der Waals surface area contributed by atoms with Gasteiger partial charge in [0.2, 0.25) is 0 Å². The van der Waals surface area contributed by atoms with Gasteiger partial charge in [-0.2, -0.15) is 4.80 Å². The molecule has 5 rings (SSSR count). The van der Waals surface area contributed by atoms with E-state index in [1.807, 2.05) is 37.5 Å². The Bertz CT molecular complexity index is 1450. The molecular weight excluding hydrogens is 484 g/mol. The zero-order chi connectivity index (χ0) is 25.5. The average Bonchev–Trinajstić information content (AvgIpc) is 3.57. The van der Waals surface area contributed by atoms with Crippen molar-refractivity contribution < 1.29 is 13.9 Å². The molecule has 0 N–H and O–H groups in total. The molecule has 0 unspecified atom stereocenters. The van der Waals surface area contributed by atoms with Crippen LogP contribution < -0.4 is 9.47 Å². The van der Waals surface area contributed by atoms with Crippen LogP contribution in [0.4, 0.5) is 0 Å². The van der Waals surface area contributed by atoms with Crippen molar-refractivity contribution in [3.63, 3.8) is 0 Å². The van der Waals surface area contributed by atoms with Crippen LogP contribution >= 0.6 is 11.8 Å². The Labute approximate surface area is 220 Å². The summed E-state index contributed by atoms with van der Waals surface area (Å²) in [6.45, 7) is 5.42. The third-order valence-corrected chi connectivity index (χ3v) is 7.01. The summed E-state index contributed by atoms with van der Waals surface area (Å²) in [5.74, 6) is 2.54. The van der Waals surface area contributed by atoms with Crippen molar-refractivity contribution >= 4 is 22.7 Å². The van der Waals surface area contributed by atoms with Gasteiger partial charge in [-0.1, -0.05) is 59.9 Å². The highest BCUT2D eigenvalue weighted by Crippen LogP contribution is 2.37. The Hall–Kier alpha value is -3.78. The van der Waals surface area contributed by atoms with Crippen LogP contribution in [0, 0.1) is 0 Å². The molecule has 0 aliphatic carbocycles. The number of nitrogens with zero attached hydrogens (tertiary/aromatic N) is 4. The van der Waals surface area contributed by atoms with E-state index in [-0.39, 0.29) is 6.01 Å². The van der Waals surface area contributed by atoms with Gasteiger partial charge in [0.15, 0.2) is 0 Å². The summed E-state index contributed by atoms with van der Waals surface area (Å²) < 4.78 is 18.0. The smallest absolute Gasteiger partial charge is 0.361 e. The summed E-state index contributed by atoms with van der Waals surface area (Å²) in [6, 6.07) is 22.7. The van der Waals surface area contributed by atoms with E-state index in [9.17, 15) is 0 Å². The quantitative estimate of drug-likeness (QED) is 0.127. The topological polar surface area (TPSA) is 75.2 Å². The molecule has 190 valence electrons. The fraction of sp³-hybridized carbons (Fsp3) is 0.276. The van der Waals surface area contributed by atoms with Crippen LogP contribution in [0.2, 0.25) is 0 Å². The Kier molecular flexibility index (Phi) is 8.05. The molecule has 2 aromatic heterocycles. The molecule has 37 heavy (non-hydrogen) atoms. The third-order valence-electron chi connectivity index (χ3n) is 5.93. The molecular formula is C29H30N4O3S. The lowest BCUT2D eigenvalue weighted by Crippen LogP contribution is -2.02. The van der Waals surface area contributed by atoms with Crippen LogP contribution in [-0.2, 0) is 13.0 Å². The highest BCUT2D eigenvalue weighted by Gasteiger charge is 2.15. The molecule has 0 bridgehead atoms. The van der Waals surface area contributed by atoms with Crippen LogP contribution in [0.15, 0.2) is 82.3 Å². The standard InChI is InChI=1S/C29H30N4O3S/c1-3-10-25-27(16-15-24-26(20-35-28(24)25)21-11-6-5-7-12-21)34-17-9-18-37-23-14-8-13-22(19-23)36-29-30-32-33(4-2)31-29/h5-8,11-16,19-20H,3-4,9-10,17-18H2,1-2H3. The van der Waals surface area contributed by atoms with Crippen molar-refractivity contribution in [3.05, 3.63) is 78.6 Å². The van der Waals surface area contributed by atoms with Crippen molar-refractivity contribution in [2.24, 2.45) is 0 Å². The summed E-state index contributed by atoms with van der Waals surface area (Å²) in [5.41, 5.74) is 4.35. The molecule has 0 spiro atoms. The summed E-state index contributed by atoms with van der Waals surface area (Å²) in [6.07, 6.45) is 4.71. The monoisotopic (exact) mass is 514 g/mol. The molecule has 0 aliphatic heterocycles.